The van der Waals surface area contributed by atoms with Crippen molar-refractivity contribution in [1.29, 1.82) is 0 Å². The number of rotatable bonds is 7. The molecule has 1 amide bonds. The number of hydrogen-bond donors (Lipinski definition) is 1. The average molecular weight is 395 g/mol. The first-order valence-corrected chi connectivity index (χ1v) is 10.4. The lowest BCUT2D eigenvalue weighted by molar-refractivity contribution is -0.116. The van der Waals surface area contributed by atoms with Crippen molar-refractivity contribution in [2.45, 2.75) is 26.8 Å². The number of aryl methyl sites for hydroxylation is 2. The Morgan fingerprint density at radius 1 is 1.08 bits per heavy atom. The van der Waals surface area contributed by atoms with E-state index in [9.17, 15) is 13.2 Å². The molecule has 26 heavy (non-hydrogen) atoms. The van der Waals surface area contributed by atoms with Crippen molar-refractivity contribution in [3.63, 3.8) is 0 Å². The molecule has 2 aromatic carbocycles. The number of nitrogens with one attached hydrogen (secondary N) is 1. The summed E-state index contributed by atoms with van der Waals surface area (Å²) in [5, 5.41) is 3.40. The minimum absolute atomic E-state index is 0.0770. The van der Waals surface area contributed by atoms with E-state index in [1.807, 2.05) is 32.0 Å². The van der Waals surface area contributed by atoms with Gasteiger partial charge in [0.1, 0.15) is 0 Å². The number of carbonyl (C=O) groups is 1. The van der Waals surface area contributed by atoms with E-state index in [0.717, 1.165) is 22.9 Å². The molecule has 0 aliphatic carbocycles. The minimum Gasteiger partial charge on any atom is -0.326 e. The van der Waals surface area contributed by atoms with Crippen LogP contribution in [0, 0.1) is 13.8 Å². The van der Waals surface area contributed by atoms with Gasteiger partial charge in [0, 0.05) is 30.2 Å². The lowest BCUT2D eigenvalue weighted by Crippen LogP contribution is -2.32. The summed E-state index contributed by atoms with van der Waals surface area (Å²) in [4.78, 5) is 12.2. The van der Waals surface area contributed by atoms with Crippen molar-refractivity contribution in [3.05, 3.63) is 64.2 Å². The van der Waals surface area contributed by atoms with E-state index in [-0.39, 0.29) is 25.4 Å². The van der Waals surface area contributed by atoms with Gasteiger partial charge in [-0.05, 0) is 54.8 Å². The van der Waals surface area contributed by atoms with Crippen LogP contribution in [0.25, 0.3) is 0 Å². The molecule has 2 rings (SSSR count). The zero-order chi connectivity index (χ0) is 19.3. The molecular weight excluding hydrogens is 372 g/mol. The predicted octanol–water partition coefficient (Wildman–Crippen LogP) is 3.75. The molecule has 0 saturated carbocycles. The maximum Gasteiger partial charge on any atom is 0.225 e. The lowest BCUT2D eigenvalue weighted by Gasteiger charge is -2.20. The van der Waals surface area contributed by atoms with Crippen LogP contribution in [-0.4, -0.2) is 31.4 Å². The van der Waals surface area contributed by atoms with Crippen LogP contribution in [0.2, 0.25) is 5.02 Å². The highest BCUT2D eigenvalue weighted by Crippen LogP contribution is 2.16. The molecule has 0 aliphatic heterocycles. The Labute approximate surface area is 160 Å². The summed E-state index contributed by atoms with van der Waals surface area (Å²) < 4.78 is 25.3. The molecule has 140 valence electrons. The quantitative estimate of drug-likeness (QED) is 0.777. The van der Waals surface area contributed by atoms with Crippen LogP contribution >= 0.6 is 11.6 Å². The highest BCUT2D eigenvalue weighted by Gasteiger charge is 2.18. The van der Waals surface area contributed by atoms with Crippen LogP contribution in [0.3, 0.4) is 0 Å². The predicted molar refractivity (Wildman–Crippen MR) is 106 cm³/mol. The van der Waals surface area contributed by atoms with Gasteiger partial charge < -0.3 is 5.32 Å². The maximum absolute atomic E-state index is 12.2. The molecule has 0 saturated heterocycles. The molecule has 7 heteroatoms. The third-order valence-corrected chi connectivity index (χ3v) is 5.62. The fourth-order valence-corrected chi connectivity index (χ4v) is 3.36. The van der Waals surface area contributed by atoms with E-state index < -0.39 is 10.0 Å². The Kier molecular flexibility index (Phi) is 6.81. The fraction of sp³-hybridized carbons (Fsp3) is 0.316. The SMILES string of the molecule is Cc1ccc(NC(=O)CCN(Cc2ccc(Cl)cc2)S(C)(=O)=O)cc1C. The summed E-state index contributed by atoms with van der Waals surface area (Å²) in [5.41, 5.74) is 3.76. The van der Waals surface area contributed by atoms with Gasteiger partial charge in [0.05, 0.1) is 6.26 Å². The minimum atomic E-state index is -3.43. The Hall–Kier alpha value is -1.89. The smallest absolute Gasteiger partial charge is 0.225 e. The Bertz CT molecular complexity index is 880. The van der Waals surface area contributed by atoms with Crippen LogP contribution in [0.5, 0.6) is 0 Å². The van der Waals surface area contributed by atoms with Crippen molar-refractivity contribution >= 4 is 33.2 Å². The molecule has 0 unspecified atom stereocenters. The molecule has 0 fully saturated rings. The summed E-state index contributed by atoms with van der Waals surface area (Å²) in [7, 11) is -3.43. The van der Waals surface area contributed by atoms with Crippen LogP contribution < -0.4 is 5.32 Å². The maximum atomic E-state index is 12.2. The van der Waals surface area contributed by atoms with Gasteiger partial charge in [-0.15, -0.1) is 0 Å². The topological polar surface area (TPSA) is 66.5 Å². The van der Waals surface area contributed by atoms with Crippen molar-refractivity contribution in [2.75, 3.05) is 18.1 Å². The molecule has 5 nitrogen and oxygen atoms in total. The summed E-state index contributed by atoms with van der Waals surface area (Å²) in [5.74, 6) is -0.224. The van der Waals surface area contributed by atoms with Gasteiger partial charge in [-0.25, -0.2) is 8.42 Å². The van der Waals surface area contributed by atoms with E-state index in [2.05, 4.69) is 5.32 Å². The monoisotopic (exact) mass is 394 g/mol. The second kappa shape index (κ2) is 8.66. The van der Waals surface area contributed by atoms with Gasteiger partial charge in [0.2, 0.25) is 15.9 Å². The normalized spacial score (nSPS) is 11.6. The van der Waals surface area contributed by atoms with Crippen LogP contribution in [0.15, 0.2) is 42.5 Å². The van der Waals surface area contributed by atoms with E-state index in [0.29, 0.717) is 10.7 Å². The molecule has 0 bridgehead atoms. The highest BCUT2D eigenvalue weighted by atomic mass is 35.5. The number of sulfonamides is 1. The van der Waals surface area contributed by atoms with Gasteiger partial charge in [0.15, 0.2) is 0 Å². The van der Waals surface area contributed by atoms with Crippen molar-refractivity contribution in [1.82, 2.24) is 4.31 Å². The number of benzene rings is 2. The van der Waals surface area contributed by atoms with Gasteiger partial charge >= 0.3 is 0 Å². The zero-order valence-corrected chi connectivity index (χ0v) is 16.7. The van der Waals surface area contributed by atoms with Gasteiger partial charge in [-0.1, -0.05) is 29.8 Å². The molecule has 0 aliphatic rings. The van der Waals surface area contributed by atoms with E-state index in [4.69, 9.17) is 11.6 Å². The molecule has 0 spiro atoms. The number of amides is 1. The number of nitrogens with zero attached hydrogens (tertiary/aromatic N) is 1. The molecule has 0 aromatic heterocycles. The van der Waals surface area contributed by atoms with Crippen LogP contribution in [0.1, 0.15) is 23.1 Å². The van der Waals surface area contributed by atoms with Gasteiger partial charge in [0.25, 0.3) is 0 Å². The highest BCUT2D eigenvalue weighted by molar-refractivity contribution is 7.88. The Balaban J connectivity index is 1.98. The molecule has 2 aromatic rings. The molecule has 1 N–H and O–H groups in total. The van der Waals surface area contributed by atoms with E-state index >= 15 is 0 Å². The van der Waals surface area contributed by atoms with Crippen molar-refractivity contribution < 1.29 is 13.2 Å². The zero-order valence-electron chi connectivity index (χ0n) is 15.1. The van der Waals surface area contributed by atoms with Crippen LogP contribution in [-0.2, 0) is 21.4 Å². The molecule has 0 radical (unpaired) electrons. The third-order valence-electron chi connectivity index (χ3n) is 4.12. The second-order valence-electron chi connectivity index (χ2n) is 6.32. The summed E-state index contributed by atoms with van der Waals surface area (Å²) in [6.45, 7) is 4.29. The number of halogens is 1. The summed E-state index contributed by atoms with van der Waals surface area (Å²) >= 11 is 5.85. The summed E-state index contributed by atoms with van der Waals surface area (Å²) in [6, 6.07) is 12.6. The molecular formula is C19H23ClN2O3S. The van der Waals surface area contributed by atoms with Gasteiger partial charge in [-0.3, -0.25) is 4.79 Å². The van der Waals surface area contributed by atoms with Crippen molar-refractivity contribution in [3.8, 4) is 0 Å². The first-order valence-electron chi connectivity index (χ1n) is 8.22. The lowest BCUT2D eigenvalue weighted by atomic mass is 10.1. The Morgan fingerprint density at radius 3 is 2.31 bits per heavy atom. The Morgan fingerprint density at radius 2 is 1.73 bits per heavy atom. The van der Waals surface area contributed by atoms with Crippen LogP contribution in [0.4, 0.5) is 5.69 Å². The summed E-state index contributed by atoms with van der Waals surface area (Å²) in [6.07, 6.45) is 1.22. The fourth-order valence-electron chi connectivity index (χ4n) is 2.42. The standard InChI is InChI=1S/C19H23ClN2O3S/c1-14-4-9-18(12-15(14)2)21-19(23)10-11-22(26(3,24)25)13-16-5-7-17(20)8-6-16/h4-9,12H,10-11,13H2,1-3H3,(H,21,23). The molecule has 0 atom stereocenters. The van der Waals surface area contributed by atoms with Crippen molar-refractivity contribution in [2.24, 2.45) is 0 Å². The third kappa shape index (κ3) is 6.12. The number of carbonyl (C=O) groups excluding carboxylic acids is 1. The molecule has 0 heterocycles. The second-order valence-corrected chi connectivity index (χ2v) is 8.74. The first-order chi connectivity index (χ1) is 12.1. The van der Waals surface area contributed by atoms with E-state index in [1.165, 1.54) is 4.31 Å². The number of hydrogen-bond acceptors (Lipinski definition) is 3. The van der Waals surface area contributed by atoms with Gasteiger partial charge in [-0.2, -0.15) is 4.31 Å². The largest absolute Gasteiger partial charge is 0.326 e. The van der Waals surface area contributed by atoms with E-state index in [1.54, 1.807) is 24.3 Å². The average Bonchev–Trinajstić information content (AvgIpc) is 2.55. The first kappa shape index (κ1) is 20.4. The number of anilines is 1.